The van der Waals surface area contributed by atoms with Gasteiger partial charge in [0.25, 0.3) is 0 Å². The number of carboxylic acid groups (broad SMARTS) is 1. The van der Waals surface area contributed by atoms with Gasteiger partial charge >= 0.3 is 5.97 Å². The van der Waals surface area contributed by atoms with Crippen LogP contribution in [0.15, 0.2) is 0 Å². The summed E-state index contributed by atoms with van der Waals surface area (Å²) < 4.78 is 0. The summed E-state index contributed by atoms with van der Waals surface area (Å²) in [7, 11) is 0. The monoisotopic (exact) mass is 310 g/mol. The highest BCUT2D eigenvalue weighted by atomic mass is 32.1. The first-order valence-corrected chi connectivity index (χ1v) is 8.33. The lowest BCUT2D eigenvalue weighted by Gasteiger charge is -2.20. The molecule has 1 amide bonds. The number of nitrogens with zero attached hydrogens (tertiary/aromatic N) is 1. The molecule has 1 aliphatic rings. The highest BCUT2D eigenvalue weighted by Gasteiger charge is 2.26. The van der Waals surface area contributed by atoms with E-state index in [9.17, 15) is 14.7 Å². The molecule has 0 aliphatic heterocycles. The molecule has 1 aromatic heterocycles. The van der Waals surface area contributed by atoms with E-state index in [1.807, 2.05) is 13.8 Å². The second-order valence-corrected chi connectivity index (χ2v) is 7.02. The van der Waals surface area contributed by atoms with Gasteiger partial charge in [-0.1, -0.05) is 44.4 Å². The SMILES string of the molecule is CC(C)CC(=O)Nc1nc(C2CCCCC2)c(C(=O)O)s1. The molecule has 0 radical (unpaired) electrons. The molecule has 5 nitrogen and oxygen atoms in total. The van der Waals surface area contributed by atoms with Gasteiger partial charge in [-0.05, 0) is 18.8 Å². The molecular weight excluding hydrogens is 288 g/mol. The van der Waals surface area contributed by atoms with Crippen molar-refractivity contribution in [1.82, 2.24) is 4.98 Å². The second kappa shape index (κ2) is 7.02. The number of amides is 1. The number of carbonyl (C=O) groups excluding carboxylic acids is 1. The molecule has 1 saturated carbocycles. The standard InChI is InChI=1S/C15H22N2O3S/c1-9(2)8-11(18)16-15-17-12(13(21-15)14(19)20)10-6-4-3-5-7-10/h9-10H,3-8H2,1-2H3,(H,19,20)(H,16,17,18). The normalized spacial score (nSPS) is 16.1. The van der Waals surface area contributed by atoms with Crippen LogP contribution >= 0.6 is 11.3 Å². The minimum atomic E-state index is -0.947. The van der Waals surface area contributed by atoms with Crippen molar-refractivity contribution in [2.75, 3.05) is 5.32 Å². The highest BCUT2D eigenvalue weighted by molar-refractivity contribution is 7.17. The van der Waals surface area contributed by atoms with Crippen LogP contribution in [-0.2, 0) is 4.79 Å². The van der Waals surface area contributed by atoms with Crippen molar-refractivity contribution in [3.63, 3.8) is 0 Å². The molecule has 1 aliphatic carbocycles. The minimum absolute atomic E-state index is 0.106. The van der Waals surface area contributed by atoms with Crippen molar-refractivity contribution in [3.05, 3.63) is 10.6 Å². The number of carboxylic acids is 1. The summed E-state index contributed by atoms with van der Waals surface area (Å²) in [6.07, 6.45) is 5.85. The molecule has 0 spiro atoms. The average Bonchev–Trinajstić information content (AvgIpc) is 2.82. The van der Waals surface area contributed by atoms with Gasteiger partial charge in [-0.25, -0.2) is 9.78 Å². The molecule has 1 aromatic rings. The number of rotatable bonds is 5. The van der Waals surface area contributed by atoms with Crippen LogP contribution < -0.4 is 5.32 Å². The number of aromatic carboxylic acids is 1. The Balaban J connectivity index is 2.16. The molecule has 0 bridgehead atoms. The van der Waals surface area contributed by atoms with Crippen LogP contribution in [0.2, 0.25) is 0 Å². The molecule has 0 aromatic carbocycles. The van der Waals surface area contributed by atoms with Gasteiger partial charge in [-0.3, -0.25) is 4.79 Å². The van der Waals surface area contributed by atoms with Crippen LogP contribution in [0.4, 0.5) is 5.13 Å². The van der Waals surface area contributed by atoms with Crippen LogP contribution in [0, 0.1) is 5.92 Å². The number of thiazole rings is 1. The van der Waals surface area contributed by atoms with Gasteiger partial charge < -0.3 is 10.4 Å². The molecule has 0 unspecified atom stereocenters. The van der Waals surface area contributed by atoms with Crippen LogP contribution in [0.1, 0.15) is 73.7 Å². The summed E-state index contributed by atoms with van der Waals surface area (Å²) in [5, 5.41) is 12.5. The van der Waals surface area contributed by atoms with Gasteiger partial charge in [0.1, 0.15) is 4.88 Å². The Morgan fingerprint density at radius 1 is 1.33 bits per heavy atom. The molecule has 116 valence electrons. The summed E-state index contributed by atoms with van der Waals surface area (Å²) in [4.78, 5) is 27.9. The summed E-state index contributed by atoms with van der Waals surface area (Å²) in [6, 6.07) is 0. The van der Waals surface area contributed by atoms with Crippen LogP contribution in [-0.4, -0.2) is 22.0 Å². The Morgan fingerprint density at radius 2 is 2.00 bits per heavy atom. The summed E-state index contributed by atoms with van der Waals surface area (Å²) in [5.41, 5.74) is 0.659. The first kappa shape index (κ1) is 15.9. The Hall–Kier alpha value is -1.43. The van der Waals surface area contributed by atoms with Crippen LogP contribution in [0.25, 0.3) is 0 Å². The van der Waals surface area contributed by atoms with Crippen molar-refractivity contribution in [1.29, 1.82) is 0 Å². The van der Waals surface area contributed by atoms with Crippen molar-refractivity contribution in [2.24, 2.45) is 5.92 Å². The second-order valence-electron chi connectivity index (χ2n) is 6.02. The molecule has 0 atom stereocenters. The zero-order chi connectivity index (χ0) is 15.4. The lowest BCUT2D eigenvalue weighted by atomic mass is 9.86. The van der Waals surface area contributed by atoms with Gasteiger partial charge in [-0.15, -0.1) is 0 Å². The van der Waals surface area contributed by atoms with Crippen LogP contribution in [0.5, 0.6) is 0 Å². The van der Waals surface area contributed by atoms with Gasteiger partial charge in [0.05, 0.1) is 5.69 Å². The Morgan fingerprint density at radius 3 is 2.57 bits per heavy atom. The van der Waals surface area contributed by atoms with E-state index in [2.05, 4.69) is 10.3 Å². The third kappa shape index (κ3) is 4.27. The van der Waals surface area contributed by atoms with Gasteiger partial charge in [0.2, 0.25) is 5.91 Å². The van der Waals surface area contributed by atoms with Crippen molar-refractivity contribution >= 4 is 28.3 Å². The van der Waals surface area contributed by atoms with Gasteiger partial charge in [0, 0.05) is 12.3 Å². The average molecular weight is 310 g/mol. The summed E-state index contributed by atoms with van der Waals surface area (Å²) in [5.74, 6) is -0.568. The molecule has 2 rings (SSSR count). The van der Waals surface area contributed by atoms with E-state index in [0.717, 1.165) is 37.0 Å². The first-order chi connectivity index (χ1) is 9.97. The van der Waals surface area contributed by atoms with E-state index in [-0.39, 0.29) is 22.6 Å². The quantitative estimate of drug-likeness (QED) is 0.865. The van der Waals surface area contributed by atoms with E-state index < -0.39 is 5.97 Å². The Kier molecular flexibility index (Phi) is 5.33. The van der Waals surface area contributed by atoms with Crippen molar-refractivity contribution in [3.8, 4) is 0 Å². The van der Waals surface area contributed by atoms with Crippen molar-refractivity contribution in [2.45, 2.75) is 58.3 Å². The third-order valence-electron chi connectivity index (χ3n) is 3.68. The number of hydrogen-bond acceptors (Lipinski definition) is 4. The smallest absolute Gasteiger partial charge is 0.347 e. The first-order valence-electron chi connectivity index (χ1n) is 7.51. The van der Waals surface area contributed by atoms with Crippen molar-refractivity contribution < 1.29 is 14.7 Å². The molecule has 2 N–H and O–H groups in total. The van der Waals surface area contributed by atoms with Crippen LogP contribution in [0.3, 0.4) is 0 Å². The lowest BCUT2D eigenvalue weighted by molar-refractivity contribution is -0.116. The van der Waals surface area contributed by atoms with E-state index >= 15 is 0 Å². The van der Waals surface area contributed by atoms with E-state index in [4.69, 9.17) is 0 Å². The maximum absolute atomic E-state index is 11.8. The fourth-order valence-corrected chi connectivity index (χ4v) is 3.64. The maximum Gasteiger partial charge on any atom is 0.347 e. The lowest BCUT2D eigenvalue weighted by Crippen LogP contribution is -2.14. The predicted molar refractivity (Wildman–Crippen MR) is 83.0 cm³/mol. The summed E-state index contributed by atoms with van der Waals surface area (Å²) >= 11 is 1.07. The molecular formula is C15H22N2O3S. The van der Waals surface area contributed by atoms with Gasteiger partial charge in [-0.2, -0.15) is 0 Å². The van der Waals surface area contributed by atoms with Gasteiger partial charge in [0.15, 0.2) is 5.13 Å². The topological polar surface area (TPSA) is 79.3 Å². The third-order valence-corrected chi connectivity index (χ3v) is 4.65. The number of aromatic nitrogens is 1. The Labute approximate surface area is 128 Å². The Bertz CT molecular complexity index is 519. The maximum atomic E-state index is 11.8. The number of carbonyl (C=O) groups is 2. The molecule has 1 fully saturated rings. The number of anilines is 1. The molecule has 1 heterocycles. The van der Waals surface area contributed by atoms with E-state index in [1.165, 1.54) is 6.42 Å². The molecule has 6 heteroatoms. The largest absolute Gasteiger partial charge is 0.477 e. The predicted octanol–water partition coefficient (Wildman–Crippen LogP) is 3.87. The zero-order valence-corrected chi connectivity index (χ0v) is 13.3. The zero-order valence-electron chi connectivity index (χ0n) is 12.5. The van der Waals surface area contributed by atoms with E-state index in [0.29, 0.717) is 17.2 Å². The minimum Gasteiger partial charge on any atom is -0.477 e. The summed E-state index contributed by atoms with van der Waals surface area (Å²) in [6.45, 7) is 3.94. The molecule has 0 saturated heterocycles. The van der Waals surface area contributed by atoms with E-state index in [1.54, 1.807) is 0 Å². The molecule has 21 heavy (non-hydrogen) atoms. The highest BCUT2D eigenvalue weighted by Crippen LogP contribution is 2.37. The fourth-order valence-electron chi connectivity index (χ4n) is 2.73. The number of hydrogen-bond donors (Lipinski definition) is 2. The number of nitrogens with one attached hydrogen (secondary N) is 1. The fraction of sp³-hybridized carbons (Fsp3) is 0.667.